The van der Waals surface area contributed by atoms with Crippen molar-refractivity contribution in [3.05, 3.63) is 0 Å². The third kappa shape index (κ3) is 240. The molecule has 0 aliphatic rings. The molecule has 0 aromatic heterocycles. The van der Waals surface area contributed by atoms with E-state index >= 15 is 0 Å². The summed E-state index contributed by atoms with van der Waals surface area (Å²) in [4.78, 5) is 32.6. The first kappa shape index (κ1) is 16.0. The van der Waals surface area contributed by atoms with E-state index in [1.165, 1.54) is 9.47 Å². The van der Waals surface area contributed by atoms with Crippen LogP contribution in [0.15, 0.2) is 0 Å². The van der Waals surface area contributed by atoms with Gasteiger partial charge in [-0.3, -0.25) is 0 Å². The Bertz CT molecular complexity index is 56.6. The Kier molecular flexibility index (Phi) is 16.1. The molecule has 1 N–H and O–H groups in total. The molecule has 0 aliphatic carbocycles. The predicted molar refractivity (Wildman–Crippen MR) is 25.3 cm³/mol. The van der Waals surface area contributed by atoms with Gasteiger partial charge < -0.3 is 24.1 Å². The molecule has 0 aromatic rings. The van der Waals surface area contributed by atoms with E-state index in [0.29, 0.717) is 0 Å². The van der Waals surface area contributed by atoms with Gasteiger partial charge in [-0.05, 0) is 9.47 Å². The zero-order chi connectivity index (χ0) is 6.50. The minimum atomic E-state index is -5.39. The Morgan fingerprint density at radius 3 is 1.25 bits per heavy atom. The van der Waals surface area contributed by atoms with Crippen molar-refractivity contribution in [2.75, 3.05) is 0 Å². The van der Waals surface area contributed by atoms with Crippen molar-refractivity contribution in [1.29, 1.82) is 0 Å². The minimum Gasteiger partial charge on any atom is -0.822 e. The number of phosphoric acid groups is 1. The summed E-state index contributed by atoms with van der Waals surface area (Å²) in [5.74, 6) is 0. The largest absolute Gasteiger partial charge is 3.00 e. The molecule has 0 spiro atoms. The van der Waals surface area contributed by atoms with Crippen molar-refractivity contribution in [2.24, 2.45) is 0 Å². The molecule has 0 aromatic carbocycles. The van der Waals surface area contributed by atoms with E-state index in [-0.39, 0.29) is 17.4 Å². The van der Waals surface area contributed by atoms with Crippen LogP contribution in [0.25, 0.3) is 0 Å². The topological polar surface area (TPSA) is 106 Å². The molecule has 46 valence electrons. The van der Waals surface area contributed by atoms with Gasteiger partial charge in [0.1, 0.15) is 0 Å². The second-order valence-electron chi connectivity index (χ2n) is 0.447. The van der Waals surface area contributed by atoms with Gasteiger partial charge in [0.25, 0.3) is 0 Å². The van der Waals surface area contributed by atoms with Crippen molar-refractivity contribution in [2.45, 2.75) is 0 Å². The molecule has 0 saturated carbocycles. The number of hydrogen-bond donors (Lipinski definition) is 1. The van der Waals surface area contributed by atoms with Crippen LogP contribution in [0.2, 0.25) is 0 Å². The number of rotatable bonds is 0. The zero-order valence-electron chi connectivity index (χ0n) is 3.68. The van der Waals surface area contributed by atoms with Crippen molar-refractivity contribution in [1.82, 2.24) is 0 Å². The van der Waals surface area contributed by atoms with E-state index in [4.69, 9.17) is 24.1 Å². The van der Waals surface area contributed by atoms with Gasteiger partial charge in [-0.2, -0.15) is 7.82 Å². The first-order chi connectivity index (χ1) is 3.00. The van der Waals surface area contributed by atoms with Crippen LogP contribution in [-0.4, -0.2) is 22.3 Å². The minimum absolute atomic E-state index is 0. The van der Waals surface area contributed by atoms with Crippen LogP contribution in [-0.2, 0) is 4.57 Å². The Labute approximate surface area is 59.4 Å². The predicted octanol–water partition coefficient (Wildman–Crippen LogP) is -3.44. The van der Waals surface area contributed by atoms with Crippen LogP contribution in [0.1, 0.15) is 0 Å². The van der Waals surface area contributed by atoms with Crippen LogP contribution in [0, 0.1) is 0 Å². The molecule has 0 amide bonds. The van der Waals surface area contributed by atoms with Crippen LogP contribution < -0.4 is 14.7 Å². The Morgan fingerprint density at radius 1 is 1.25 bits per heavy atom. The third-order valence-electron chi connectivity index (χ3n) is 0. The molecule has 0 fully saturated rings. The van der Waals surface area contributed by atoms with E-state index in [0.717, 1.165) is 0 Å². The zero-order valence-corrected chi connectivity index (χ0v) is 6.89. The summed E-state index contributed by atoms with van der Waals surface area (Å²) in [6.07, 6.45) is 0. The smallest absolute Gasteiger partial charge is 0.822 e. The standard InChI is InChI=1S/Al.H3O4P.H3OP/c;1-5(2,3)4;1-2/h;(H3,1,2,3,4);1H,2H2/q+3;;/p-3. The molecule has 1 atom stereocenters. The fourth-order valence-electron chi connectivity index (χ4n) is 0. The number of hydrogen-bond acceptors (Lipinski definition) is 5. The maximum atomic E-state index is 8.55. The van der Waals surface area contributed by atoms with Crippen molar-refractivity contribution in [3.8, 4) is 0 Å². The maximum Gasteiger partial charge on any atom is 3.00 e. The first-order valence-corrected chi connectivity index (χ1v) is 2.97. The van der Waals surface area contributed by atoms with Crippen LogP contribution in [0.5, 0.6) is 0 Å². The van der Waals surface area contributed by atoms with Crippen LogP contribution >= 0.6 is 17.3 Å². The first-order valence-electron chi connectivity index (χ1n) is 0.988. The van der Waals surface area contributed by atoms with Gasteiger partial charge in [-0.25, -0.2) is 0 Å². The van der Waals surface area contributed by atoms with Crippen molar-refractivity contribution < 1.29 is 24.1 Å². The molecule has 8 heavy (non-hydrogen) atoms. The summed E-state index contributed by atoms with van der Waals surface area (Å²) >= 11 is 0. The molecule has 1 unspecified atom stereocenters. The maximum absolute atomic E-state index is 8.55. The van der Waals surface area contributed by atoms with Crippen molar-refractivity contribution >= 4 is 34.7 Å². The van der Waals surface area contributed by atoms with Crippen LogP contribution in [0.3, 0.4) is 0 Å². The molecule has 0 rings (SSSR count). The fraction of sp³-hybridized carbons (Fsp3) is 0. The average Bonchev–Trinajstić information content (AvgIpc) is 1.36. The normalized spacial score (nSPS) is 8.12. The molecule has 0 radical (unpaired) electrons. The molecule has 0 saturated heterocycles. The Morgan fingerprint density at radius 2 is 1.25 bits per heavy atom. The second kappa shape index (κ2) is 8.03. The van der Waals surface area contributed by atoms with Gasteiger partial charge in [0.2, 0.25) is 0 Å². The molecule has 0 bridgehead atoms. The van der Waals surface area contributed by atoms with E-state index in [2.05, 4.69) is 0 Å². The molecule has 5 nitrogen and oxygen atoms in total. The summed E-state index contributed by atoms with van der Waals surface area (Å²) in [7, 11) is -3.97. The summed E-state index contributed by atoms with van der Waals surface area (Å²) in [5, 5.41) is 0. The van der Waals surface area contributed by atoms with Gasteiger partial charge in [0.15, 0.2) is 0 Å². The van der Waals surface area contributed by atoms with E-state index in [9.17, 15) is 0 Å². The van der Waals surface area contributed by atoms with Gasteiger partial charge in [-0.1, -0.05) is 0 Å². The summed E-state index contributed by atoms with van der Waals surface area (Å²) in [6.45, 7) is 0. The summed E-state index contributed by atoms with van der Waals surface area (Å²) in [6, 6.07) is 0. The average molecular weight is 172 g/mol. The summed E-state index contributed by atoms with van der Waals surface area (Å²) < 4.78 is 8.55. The van der Waals surface area contributed by atoms with E-state index in [1.807, 2.05) is 0 Å². The molecular formula is H3AlO5P2. The molecule has 0 heterocycles. The van der Waals surface area contributed by atoms with E-state index < -0.39 is 7.82 Å². The van der Waals surface area contributed by atoms with Gasteiger partial charge in [0.05, 0.1) is 0 Å². The molecule has 0 aliphatic heterocycles. The third-order valence-corrected chi connectivity index (χ3v) is 0. The Hall–Kier alpha value is 1.03. The molecular weight excluding hydrogens is 169 g/mol. The summed E-state index contributed by atoms with van der Waals surface area (Å²) in [5.41, 5.74) is 0. The fourth-order valence-corrected chi connectivity index (χ4v) is 0. The quantitative estimate of drug-likeness (QED) is 0.302. The monoisotopic (exact) mass is 172 g/mol. The van der Waals surface area contributed by atoms with Crippen LogP contribution in [0.4, 0.5) is 0 Å². The van der Waals surface area contributed by atoms with Crippen molar-refractivity contribution in [3.63, 3.8) is 0 Å². The second-order valence-corrected chi connectivity index (χ2v) is 1.34. The SMILES string of the molecule is O=P([O-])([O-])[O-].OP.[Al+3]. The van der Waals surface area contributed by atoms with E-state index in [1.54, 1.807) is 0 Å². The van der Waals surface area contributed by atoms with Gasteiger partial charge in [0, 0.05) is 0 Å². The van der Waals surface area contributed by atoms with Gasteiger partial charge >= 0.3 is 17.4 Å². The van der Waals surface area contributed by atoms with Gasteiger partial charge in [-0.15, -0.1) is 0 Å². The Balaban J connectivity index is -0.0000000750. The molecule has 8 heteroatoms.